The number of carbonyl (C=O) groups excluding carboxylic acids is 1. The quantitative estimate of drug-likeness (QED) is 0.559. The van der Waals surface area contributed by atoms with Gasteiger partial charge in [-0.1, -0.05) is 30.3 Å². The topological polar surface area (TPSA) is 46.4 Å². The maximum absolute atomic E-state index is 13.9. The maximum Gasteiger partial charge on any atom is 0.258 e. The van der Waals surface area contributed by atoms with Gasteiger partial charge in [0.05, 0.1) is 11.3 Å². The van der Waals surface area contributed by atoms with Crippen LogP contribution in [0.15, 0.2) is 67.0 Å². The molecule has 0 saturated heterocycles. The lowest BCUT2D eigenvalue weighted by atomic mass is 10.1. The largest absolute Gasteiger partial charge is 0.322 e. The zero-order chi connectivity index (χ0) is 19.0. The monoisotopic (exact) mass is 359 g/mol. The van der Waals surface area contributed by atoms with Gasteiger partial charge in [-0.25, -0.2) is 9.37 Å². The van der Waals surface area contributed by atoms with E-state index in [1.54, 1.807) is 12.1 Å². The number of amides is 1. The fourth-order valence-electron chi connectivity index (χ4n) is 3.04. The van der Waals surface area contributed by atoms with Gasteiger partial charge in [0.1, 0.15) is 11.5 Å². The molecule has 0 aliphatic carbocycles. The molecule has 0 aliphatic heterocycles. The van der Waals surface area contributed by atoms with Crippen molar-refractivity contribution in [2.75, 3.05) is 5.32 Å². The molecule has 1 N–H and O–H groups in total. The fourth-order valence-corrected chi connectivity index (χ4v) is 3.04. The number of fused-ring (bicyclic) bond motifs is 1. The highest BCUT2D eigenvalue weighted by Gasteiger charge is 2.13. The molecule has 2 heterocycles. The van der Waals surface area contributed by atoms with Crippen molar-refractivity contribution in [1.82, 2.24) is 9.38 Å². The predicted molar refractivity (Wildman–Crippen MR) is 104 cm³/mol. The normalized spacial score (nSPS) is 10.9. The van der Waals surface area contributed by atoms with Crippen LogP contribution in [0, 0.1) is 19.7 Å². The first-order valence-corrected chi connectivity index (χ1v) is 8.64. The summed E-state index contributed by atoms with van der Waals surface area (Å²) in [6, 6.07) is 15.7. The number of hydrogen-bond donors (Lipinski definition) is 1. The average Bonchev–Trinajstić information content (AvgIpc) is 3.09. The molecule has 0 spiro atoms. The van der Waals surface area contributed by atoms with E-state index in [0.29, 0.717) is 5.69 Å². The molecule has 134 valence electrons. The smallest absolute Gasteiger partial charge is 0.258 e. The predicted octanol–water partition coefficient (Wildman–Crippen LogP) is 5.01. The molecule has 2 aromatic carbocycles. The Morgan fingerprint density at radius 1 is 1.04 bits per heavy atom. The Morgan fingerprint density at radius 3 is 2.63 bits per heavy atom. The Labute approximate surface area is 156 Å². The Kier molecular flexibility index (Phi) is 4.20. The molecule has 4 aromatic rings. The number of aryl methyl sites for hydroxylation is 2. The van der Waals surface area contributed by atoms with Gasteiger partial charge in [-0.3, -0.25) is 4.79 Å². The molecule has 4 nitrogen and oxygen atoms in total. The number of halogens is 1. The second kappa shape index (κ2) is 6.68. The lowest BCUT2D eigenvalue weighted by molar-refractivity contribution is 0.102. The molecular weight excluding hydrogens is 341 g/mol. The van der Waals surface area contributed by atoms with Gasteiger partial charge in [-0.15, -0.1) is 0 Å². The summed E-state index contributed by atoms with van der Waals surface area (Å²) in [7, 11) is 0. The summed E-state index contributed by atoms with van der Waals surface area (Å²) in [4.78, 5) is 17.1. The second-order valence-corrected chi connectivity index (χ2v) is 6.51. The van der Waals surface area contributed by atoms with Crippen LogP contribution in [0.25, 0.3) is 16.9 Å². The number of nitrogens with one attached hydrogen (secondary N) is 1. The number of benzene rings is 2. The molecule has 0 atom stereocenters. The van der Waals surface area contributed by atoms with Gasteiger partial charge in [0.15, 0.2) is 0 Å². The van der Waals surface area contributed by atoms with E-state index < -0.39 is 11.7 Å². The van der Waals surface area contributed by atoms with Crippen LogP contribution in [0.5, 0.6) is 0 Å². The molecule has 0 bridgehead atoms. The standard InChI is InChI=1S/C22H18FN3O/c1-14-9-10-16(20-13-26-11-5-6-15(2)21(26)24-20)12-19(14)25-22(27)17-7-3-4-8-18(17)23/h3-13H,1-2H3,(H,25,27). The molecule has 0 saturated carbocycles. The minimum absolute atomic E-state index is 0.0191. The molecule has 0 fully saturated rings. The SMILES string of the molecule is Cc1ccc(-c2cn3cccc(C)c3n2)cc1NC(=O)c1ccccc1F. The van der Waals surface area contributed by atoms with E-state index in [9.17, 15) is 9.18 Å². The van der Waals surface area contributed by atoms with E-state index in [0.717, 1.165) is 28.0 Å². The Hall–Kier alpha value is -3.47. The van der Waals surface area contributed by atoms with Crippen molar-refractivity contribution in [3.05, 3.63) is 89.5 Å². The van der Waals surface area contributed by atoms with Crippen molar-refractivity contribution in [2.24, 2.45) is 0 Å². The maximum atomic E-state index is 13.9. The van der Waals surface area contributed by atoms with Gasteiger partial charge in [-0.2, -0.15) is 0 Å². The summed E-state index contributed by atoms with van der Waals surface area (Å²) in [6.45, 7) is 3.91. The average molecular weight is 359 g/mol. The van der Waals surface area contributed by atoms with Gasteiger partial charge in [-0.05, 0) is 49.2 Å². The fraction of sp³-hybridized carbons (Fsp3) is 0.0909. The lowest BCUT2D eigenvalue weighted by Gasteiger charge is -2.10. The molecular formula is C22H18FN3O. The molecule has 0 unspecified atom stereocenters. The summed E-state index contributed by atoms with van der Waals surface area (Å²) >= 11 is 0. The van der Waals surface area contributed by atoms with Crippen LogP contribution < -0.4 is 5.32 Å². The van der Waals surface area contributed by atoms with Crippen LogP contribution in [-0.4, -0.2) is 15.3 Å². The first kappa shape index (κ1) is 17.0. The minimum Gasteiger partial charge on any atom is -0.322 e. The molecule has 4 rings (SSSR count). The first-order valence-electron chi connectivity index (χ1n) is 8.64. The number of carbonyl (C=O) groups is 1. The second-order valence-electron chi connectivity index (χ2n) is 6.51. The number of hydrogen-bond acceptors (Lipinski definition) is 2. The summed E-state index contributed by atoms with van der Waals surface area (Å²) in [5.41, 5.74) is 5.22. The van der Waals surface area contributed by atoms with Crippen molar-refractivity contribution in [2.45, 2.75) is 13.8 Å². The third-order valence-corrected chi connectivity index (χ3v) is 4.58. The van der Waals surface area contributed by atoms with Gasteiger partial charge < -0.3 is 9.72 Å². The van der Waals surface area contributed by atoms with Crippen LogP contribution in [0.4, 0.5) is 10.1 Å². The highest BCUT2D eigenvalue weighted by Crippen LogP contribution is 2.26. The van der Waals surface area contributed by atoms with Crippen molar-refractivity contribution in [3.63, 3.8) is 0 Å². The first-order chi connectivity index (χ1) is 13.0. The number of rotatable bonds is 3. The number of pyridine rings is 1. The van der Waals surface area contributed by atoms with Gasteiger partial charge in [0.25, 0.3) is 5.91 Å². The van der Waals surface area contributed by atoms with Gasteiger partial charge in [0, 0.05) is 23.6 Å². The van der Waals surface area contributed by atoms with Gasteiger partial charge >= 0.3 is 0 Å². The molecule has 27 heavy (non-hydrogen) atoms. The summed E-state index contributed by atoms with van der Waals surface area (Å²) in [6.07, 6.45) is 3.91. The third-order valence-electron chi connectivity index (χ3n) is 4.58. The van der Waals surface area contributed by atoms with Crippen molar-refractivity contribution >= 4 is 17.2 Å². The Morgan fingerprint density at radius 2 is 1.85 bits per heavy atom. The minimum atomic E-state index is -0.542. The van der Waals surface area contributed by atoms with Crippen LogP contribution in [0.3, 0.4) is 0 Å². The van der Waals surface area contributed by atoms with E-state index in [-0.39, 0.29) is 5.56 Å². The van der Waals surface area contributed by atoms with E-state index in [1.165, 1.54) is 12.1 Å². The highest BCUT2D eigenvalue weighted by atomic mass is 19.1. The third kappa shape index (κ3) is 3.19. The van der Waals surface area contributed by atoms with Crippen LogP contribution in [0.2, 0.25) is 0 Å². The Bertz CT molecular complexity index is 1160. The van der Waals surface area contributed by atoms with E-state index in [1.807, 2.05) is 61.0 Å². The molecule has 5 heteroatoms. The lowest BCUT2D eigenvalue weighted by Crippen LogP contribution is -2.14. The molecule has 0 aliphatic rings. The van der Waals surface area contributed by atoms with Crippen molar-refractivity contribution in [3.8, 4) is 11.3 Å². The van der Waals surface area contributed by atoms with Crippen LogP contribution in [0.1, 0.15) is 21.5 Å². The van der Waals surface area contributed by atoms with E-state index in [2.05, 4.69) is 5.32 Å². The van der Waals surface area contributed by atoms with E-state index >= 15 is 0 Å². The molecule has 2 aromatic heterocycles. The zero-order valence-electron chi connectivity index (χ0n) is 15.0. The zero-order valence-corrected chi connectivity index (χ0v) is 15.0. The molecule has 0 radical (unpaired) electrons. The van der Waals surface area contributed by atoms with Crippen molar-refractivity contribution in [1.29, 1.82) is 0 Å². The Balaban J connectivity index is 1.70. The summed E-state index contributed by atoms with van der Waals surface area (Å²) in [5.74, 6) is -1.01. The van der Waals surface area contributed by atoms with Gasteiger partial charge in [0.2, 0.25) is 0 Å². The van der Waals surface area contributed by atoms with Crippen molar-refractivity contribution < 1.29 is 9.18 Å². The van der Waals surface area contributed by atoms with Crippen LogP contribution >= 0.6 is 0 Å². The number of imidazole rings is 1. The van der Waals surface area contributed by atoms with Crippen LogP contribution in [-0.2, 0) is 0 Å². The number of aromatic nitrogens is 2. The number of anilines is 1. The number of nitrogens with zero attached hydrogens (tertiary/aromatic N) is 2. The summed E-state index contributed by atoms with van der Waals surface area (Å²) < 4.78 is 15.8. The highest BCUT2D eigenvalue weighted by molar-refractivity contribution is 6.05. The molecule has 1 amide bonds. The summed E-state index contributed by atoms with van der Waals surface area (Å²) in [5, 5.41) is 2.81. The van der Waals surface area contributed by atoms with E-state index in [4.69, 9.17) is 4.98 Å².